The van der Waals surface area contributed by atoms with E-state index in [9.17, 15) is 0 Å². The molecule has 0 spiro atoms. The highest BCUT2D eigenvalue weighted by molar-refractivity contribution is 9.10. The summed E-state index contributed by atoms with van der Waals surface area (Å²) in [6, 6.07) is 6.51. The lowest BCUT2D eigenvalue weighted by Crippen LogP contribution is -2.36. The number of nitrogens with two attached hydrogens (primary N) is 1. The van der Waals surface area contributed by atoms with Gasteiger partial charge in [-0.25, -0.2) is 0 Å². The Bertz CT molecular complexity index is 407. The lowest BCUT2D eigenvalue weighted by Gasteiger charge is -2.32. The van der Waals surface area contributed by atoms with Crippen molar-refractivity contribution >= 4 is 15.9 Å². The molecule has 1 aromatic rings. The molecule has 3 heteroatoms. The molecule has 100 valence electrons. The quantitative estimate of drug-likeness (QED) is 0.922. The van der Waals surface area contributed by atoms with Crippen LogP contribution >= 0.6 is 15.9 Å². The van der Waals surface area contributed by atoms with Crippen LogP contribution in [-0.2, 0) is 6.42 Å². The number of benzene rings is 1. The largest absolute Gasteiger partial charge is 0.497 e. The molecule has 0 aromatic heterocycles. The summed E-state index contributed by atoms with van der Waals surface area (Å²) < 4.78 is 6.46. The Balaban J connectivity index is 2.12. The minimum absolute atomic E-state index is 0.347. The molecule has 1 aromatic carbocycles. The van der Waals surface area contributed by atoms with Gasteiger partial charge in [0.2, 0.25) is 0 Å². The zero-order chi connectivity index (χ0) is 13.1. The fraction of sp³-hybridized carbons (Fsp3) is 0.600. The van der Waals surface area contributed by atoms with E-state index in [1.54, 1.807) is 7.11 Å². The average molecular weight is 312 g/mol. The van der Waals surface area contributed by atoms with Gasteiger partial charge in [-0.05, 0) is 61.3 Å². The molecule has 3 unspecified atom stereocenters. The van der Waals surface area contributed by atoms with Crippen molar-refractivity contribution in [3.63, 3.8) is 0 Å². The predicted octanol–water partition coefficient (Wildman–Crippen LogP) is 3.76. The molecule has 18 heavy (non-hydrogen) atoms. The molecule has 3 atom stereocenters. The zero-order valence-corrected chi connectivity index (χ0v) is 12.7. The Morgan fingerprint density at radius 2 is 2.17 bits per heavy atom. The number of methoxy groups -OCH3 is 1. The highest BCUT2D eigenvalue weighted by Crippen LogP contribution is 2.33. The van der Waals surface area contributed by atoms with Gasteiger partial charge in [0.05, 0.1) is 7.11 Å². The summed E-state index contributed by atoms with van der Waals surface area (Å²) in [6.07, 6.45) is 4.72. The van der Waals surface area contributed by atoms with Crippen LogP contribution in [-0.4, -0.2) is 13.2 Å². The van der Waals surface area contributed by atoms with Gasteiger partial charge in [-0.3, -0.25) is 0 Å². The fourth-order valence-electron chi connectivity index (χ4n) is 2.87. The van der Waals surface area contributed by atoms with E-state index in [2.05, 4.69) is 35.0 Å². The van der Waals surface area contributed by atoms with Crippen LogP contribution in [0.2, 0.25) is 0 Å². The lowest BCUT2D eigenvalue weighted by atomic mass is 9.76. The summed E-state index contributed by atoms with van der Waals surface area (Å²) in [5.74, 6) is 2.32. The normalized spacial score (nSPS) is 28.1. The third-order valence-corrected chi connectivity index (χ3v) is 4.81. The number of rotatable bonds is 3. The Morgan fingerprint density at radius 1 is 1.39 bits per heavy atom. The van der Waals surface area contributed by atoms with Gasteiger partial charge in [0.15, 0.2) is 0 Å². The smallest absolute Gasteiger partial charge is 0.119 e. The second-order valence-electron chi connectivity index (χ2n) is 5.50. The molecular weight excluding hydrogens is 290 g/mol. The summed E-state index contributed by atoms with van der Waals surface area (Å²) in [6.45, 7) is 2.33. The molecule has 1 aliphatic carbocycles. The van der Waals surface area contributed by atoms with Crippen LogP contribution in [0.1, 0.15) is 31.7 Å². The van der Waals surface area contributed by atoms with Crippen molar-refractivity contribution in [2.45, 2.75) is 38.6 Å². The lowest BCUT2D eigenvalue weighted by molar-refractivity contribution is 0.244. The molecule has 0 radical (unpaired) electrons. The number of halogens is 1. The molecule has 0 saturated heterocycles. The first kappa shape index (κ1) is 13.9. The topological polar surface area (TPSA) is 35.2 Å². The SMILES string of the molecule is COc1ccc(Br)c(CC2CC(C)CCC2N)c1. The minimum atomic E-state index is 0.347. The first-order chi connectivity index (χ1) is 8.60. The van der Waals surface area contributed by atoms with Crippen LogP contribution in [0.5, 0.6) is 5.75 Å². The third kappa shape index (κ3) is 3.27. The molecule has 0 amide bonds. The number of hydrogen-bond acceptors (Lipinski definition) is 2. The van der Waals surface area contributed by atoms with E-state index in [1.807, 2.05) is 6.07 Å². The van der Waals surface area contributed by atoms with E-state index in [0.717, 1.165) is 29.0 Å². The third-order valence-electron chi connectivity index (χ3n) is 4.04. The first-order valence-corrected chi connectivity index (χ1v) is 7.47. The van der Waals surface area contributed by atoms with Gasteiger partial charge in [0.1, 0.15) is 5.75 Å². The minimum Gasteiger partial charge on any atom is -0.497 e. The predicted molar refractivity (Wildman–Crippen MR) is 78.9 cm³/mol. The standard InChI is InChI=1S/C15H22BrNO/c1-10-3-6-15(17)12(7-10)8-11-9-13(18-2)4-5-14(11)16/h4-5,9-10,12,15H,3,6-8,17H2,1-2H3. The molecule has 1 saturated carbocycles. The Labute approximate surface area is 118 Å². The van der Waals surface area contributed by atoms with Crippen LogP contribution in [0.15, 0.2) is 22.7 Å². The van der Waals surface area contributed by atoms with Gasteiger partial charge >= 0.3 is 0 Å². The molecular formula is C15H22BrNO. The number of hydrogen-bond donors (Lipinski definition) is 1. The second kappa shape index (κ2) is 6.07. The van der Waals surface area contributed by atoms with Gasteiger partial charge < -0.3 is 10.5 Å². The van der Waals surface area contributed by atoms with E-state index in [4.69, 9.17) is 10.5 Å². The summed E-state index contributed by atoms with van der Waals surface area (Å²) in [5.41, 5.74) is 7.57. The summed E-state index contributed by atoms with van der Waals surface area (Å²) in [4.78, 5) is 0. The van der Waals surface area contributed by atoms with Crippen LogP contribution < -0.4 is 10.5 Å². The van der Waals surface area contributed by atoms with Gasteiger partial charge in [-0.15, -0.1) is 0 Å². The molecule has 1 fully saturated rings. The second-order valence-corrected chi connectivity index (χ2v) is 6.36. The van der Waals surface area contributed by atoms with E-state index in [0.29, 0.717) is 12.0 Å². The molecule has 2 N–H and O–H groups in total. The number of ether oxygens (including phenoxy) is 1. The summed E-state index contributed by atoms with van der Waals surface area (Å²) >= 11 is 3.63. The van der Waals surface area contributed by atoms with Gasteiger partial charge in [0.25, 0.3) is 0 Å². The Kier molecular flexibility index (Phi) is 4.68. The van der Waals surface area contributed by atoms with Crippen LogP contribution in [0.4, 0.5) is 0 Å². The molecule has 2 rings (SSSR count). The maximum atomic E-state index is 6.26. The van der Waals surface area contributed by atoms with Crippen molar-refractivity contribution in [1.82, 2.24) is 0 Å². The van der Waals surface area contributed by atoms with E-state index >= 15 is 0 Å². The monoisotopic (exact) mass is 311 g/mol. The molecule has 1 aliphatic rings. The average Bonchev–Trinajstić information content (AvgIpc) is 2.36. The highest BCUT2D eigenvalue weighted by atomic mass is 79.9. The van der Waals surface area contributed by atoms with Crippen molar-refractivity contribution in [3.05, 3.63) is 28.2 Å². The van der Waals surface area contributed by atoms with Crippen LogP contribution in [0, 0.1) is 11.8 Å². The molecule has 2 nitrogen and oxygen atoms in total. The zero-order valence-electron chi connectivity index (χ0n) is 11.2. The highest BCUT2D eigenvalue weighted by Gasteiger charge is 2.26. The van der Waals surface area contributed by atoms with E-state index in [-0.39, 0.29) is 0 Å². The fourth-order valence-corrected chi connectivity index (χ4v) is 3.28. The Hall–Kier alpha value is -0.540. The molecule has 0 heterocycles. The van der Waals surface area contributed by atoms with E-state index in [1.165, 1.54) is 18.4 Å². The molecule has 0 aliphatic heterocycles. The van der Waals surface area contributed by atoms with Crippen molar-refractivity contribution in [1.29, 1.82) is 0 Å². The van der Waals surface area contributed by atoms with Gasteiger partial charge in [-0.2, -0.15) is 0 Å². The summed E-state index contributed by atoms with van der Waals surface area (Å²) in [7, 11) is 1.71. The summed E-state index contributed by atoms with van der Waals surface area (Å²) in [5, 5.41) is 0. The van der Waals surface area contributed by atoms with Crippen LogP contribution in [0.25, 0.3) is 0 Å². The van der Waals surface area contributed by atoms with Gasteiger partial charge in [0, 0.05) is 10.5 Å². The maximum absolute atomic E-state index is 6.26. The van der Waals surface area contributed by atoms with Crippen LogP contribution in [0.3, 0.4) is 0 Å². The molecule has 0 bridgehead atoms. The van der Waals surface area contributed by atoms with Crippen molar-refractivity contribution in [2.24, 2.45) is 17.6 Å². The van der Waals surface area contributed by atoms with Crippen molar-refractivity contribution in [3.8, 4) is 5.75 Å². The van der Waals surface area contributed by atoms with Crippen molar-refractivity contribution in [2.75, 3.05) is 7.11 Å². The van der Waals surface area contributed by atoms with Gasteiger partial charge in [-0.1, -0.05) is 22.9 Å². The first-order valence-electron chi connectivity index (χ1n) is 6.68. The Morgan fingerprint density at radius 3 is 2.89 bits per heavy atom. The van der Waals surface area contributed by atoms with Crippen molar-refractivity contribution < 1.29 is 4.74 Å². The maximum Gasteiger partial charge on any atom is 0.119 e. The van der Waals surface area contributed by atoms with E-state index < -0.39 is 0 Å².